The van der Waals surface area contributed by atoms with Gasteiger partial charge in [0, 0.05) is 0 Å². The molecular weight excluding hydrogens is 209 g/mol. The first kappa shape index (κ1) is 11.8. The Morgan fingerprint density at radius 1 is 1.40 bits per heavy atom. The summed E-state index contributed by atoms with van der Waals surface area (Å²) in [7, 11) is 0. The normalized spacial score (nSPS) is 13.7. The number of aliphatic hydroxyl groups excluding tert-OH is 1. The summed E-state index contributed by atoms with van der Waals surface area (Å²) in [5, 5.41) is 9.20. The van der Waals surface area contributed by atoms with E-state index >= 15 is 0 Å². The van der Waals surface area contributed by atoms with Crippen LogP contribution in [0.5, 0.6) is 5.75 Å². The van der Waals surface area contributed by atoms with Gasteiger partial charge in [0.15, 0.2) is 6.61 Å². The highest BCUT2D eigenvalue weighted by atomic mass is 19.4. The van der Waals surface area contributed by atoms with Crippen molar-refractivity contribution in [2.24, 2.45) is 0 Å². The lowest BCUT2D eigenvalue weighted by Crippen LogP contribution is -2.19. The molecule has 5 heteroatoms. The van der Waals surface area contributed by atoms with Gasteiger partial charge in [0.2, 0.25) is 0 Å². The van der Waals surface area contributed by atoms with Crippen LogP contribution in [-0.2, 0) is 0 Å². The van der Waals surface area contributed by atoms with Gasteiger partial charge < -0.3 is 9.84 Å². The molecule has 0 saturated carbocycles. The van der Waals surface area contributed by atoms with Crippen LogP contribution in [0.15, 0.2) is 24.3 Å². The number of ether oxygens (including phenoxy) is 1. The average molecular weight is 220 g/mol. The van der Waals surface area contributed by atoms with Gasteiger partial charge in [-0.05, 0) is 24.6 Å². The molecule has 0 aromatic heterocycles. The van der Waals surface area contributed by atoms with Crippen molar-refractivity contribution >= 4 is 0 Å². The fourth-order valence-electron chi connectivity index (χ4n) is 1.03. The molecule has 2 nitrogen and oxygen atoms in total. The molecule has 0 amide bonds. The third-order valence-electron chi connectivity index (χ3n) is 1.74. The van der Waals surface area contributed by atoms with Gasteiger partial charge >= 0.3 is 6.18 Å². The molecule has 0 spiro atoms. The number of hydrogen-bond acceptors (Lipinski definition) is 2. The Balaban J connectivity index is 2.66. The summed E-state index contributed by atoms with van der Waals surface area (Å²) < 4.78 is 40.0. The standard InChI is InChI=1S/C10H11F3O2/c1-7(14)8-3-2-4-9(5-8)15-6-10(11,12)13/h2-5,7,14H,6H2,1H3/t7-/m0/s1. The summed E-state index contributed by atoms with van der Waals surface area (Å²) in [6.07, 6.45) is -5.07. The maximum absolute atomic E-state index is 11.8. The molecule has 0 radical (unpaired) electrons. The first-order chi connectivity index (χ1) is 6.88. The lowest BCUT2D eigenvalue weighted by atomic mass is 10.1. The van der Waals surface area contributed by atoms with Crippen molar-refractivity contribution in [1.29, 1.82) is 0 Å². The smallest absolute Gasteiger partial charge is 0.422 e. The van der Waals surface area contributed by atoms with E-state index in [1.54, 1.807) is 6.07 Å². The summed E-state index contributed by atoms with van der Waals surface area (Å²) in [6, 6.07) is 5.95. The maximum Gasteiger partial charge on any atom is 0.422 e. The molecule has 0 unspecified atom stereocenters. The number of hydrogen-bond donors (Lipinski definition) is 1. The zero-order valence-electron chi connectivity index (χ0n) is 8.08. The summed E-state index contributed by atoms with van der Waals surface area (Å²) in [5.41, 5.74) is 0.523. The molecule has 1 rings (SSSR count). The van der Waals surface area contributed by atoms with E-state index in [0.717, 1.165) is 0 Å². The highest BCUT2D eigenvalue weighted by Crippen LogP contribution is 2.21. The molecule has 84 valence electrons. The fourth-order valence-corrected chi connectivity index (χ4v) is 1.03. The molecule has 0 bridgehead atoms. The molecule has 1 aromatic rings. The zero-order valence-corrected chi connectivity index (χ0v) is 8.08. The van der Waals surface area contributed by atoms with Gasteiger partial charge in [-0.2, -0.15) is 13.2 Å². The van der Waals surface area contributed by atoms with E-state index in [0.29, 0.717) is 5.56 Å². The number of benzene rings is 1. The Hall–Kier alpha value is -1.23. The maximum atomic E-state index is 11.8. The Morgan fingerprint density at radius 3 is 2.60 bits per heavy atom. The number of halogens is 3. The van der Waals surface area contributed by atoms with Crippen LogP contribution in [0.2, 0.25) is 0 Å². The minimum Gasteiger partial charge on any atom is -0.484 e. The molecule has 1 atom stereocenters. The van der Waals surface area contributed by atoms with Crippen LogP contribution < -0.4 is 4.74 Å². The van der Waals surface area contributed by atoms with E-state index in [2.05, 4.69) is 4.74 Å². The lowest BCUT2D eigenvalue weighted by Gasteiger charge is -2.11. The molecule has 0 aliphatic heterocycles. The van der Waals surface area contributed by atoms with Crippen LogP contribution in [0.1, 0.15) is 18.6 Å². The van der Waals surface area contributed by atoms with Gasteiger partial charge in [-0.3, -0.25) is 0 Å². The van der Waals surface area contributed by atoms with Crippen LogP contribution in [0.4, 0.5) is 13.2 Å². The minimum atomic E-state index is -4.35. The highest BCUT2D eigenvalue weighted by molar-refractivity contribution is 5.29. The van der Waals surface area contributed by atoms with E-state index in [1.165, 1.54) is 25.1 Å². The van der Waals surface area contributed by atoms with E-state index in [-0.39, 0.29) is 5.75 Å². The molecule has 0 aliphatic rings. The van der Waals surface area contributed by atoms with Gasteiger partial charge in [0.05, 0.1) is 6.10 Å². The van der Waals surface area contributed by atoms with Crippen molar-refractivity contribution in [1.82, 2.24) is 0 Å². The molecule has 0 saturated heterocycles. The first-order valence-corrected chi connectivity index (χ1v) is 4.36. The second kappa shape index (κ2) is 4.53. The minimum absolute atomic E-state index is 0.103. The second-order valence-electron chi connectivity index (χ2n) is 3.15. The van der Waals surface area contributed by atoms with Gasteiger partial charge in [0.25, 0.3) is 0 Å². The zero-order chi connectivity index (χ0) is 11.5. The third-order valence-corrected chi connectivity index (χ3v) is 1.74. The molecule has 1 N–H and O–H groups in total. The molecule has 1 aromatic carbocycles. The van der Waals surface area contributed by atoms with Crippen LogP contribution in [0.25, 0.3) is 0 Å². The SMILES string of the molecule is C[C@H](O)c1cccc(OCC(F)(F)F)c1. The Kier molecular flexibility index (Phi) is 3.57. The molecule has 0 heterocycles. The number of alkyl halides is 3. The molecule has 15 heavy (non-hydrogen) atoms. The van der Waals surface area contributed by atoms with E-state index < -0.39 is 18.9 Å². The number of rotatable bonds is 3. The van der Waals surface area contributed by atoms with Crippen molar-refractivity contribution in [3.8, 4) is 5.75 Å². The quantitative estimate of drug-likeness (QED) is 0.848. The van der Waals surface area contributed by atoms with Crippen molar-refractivity contribution in [3.05, 3.63) is 29.8 Å². The molecule has 0 aliphatic carbocycles. The van der Waals surface area contributed by atoms with Crippen molar-refractivity contribution < 1.29 is 23.0 Å². The Bertz CT molecular complexity index is 321. The first-order valence-electron chi connectivity index (χ1n) is 4.36. The molecular formula is C10H11F3O2. The molecule has 0 fully saturated rings. The summed E-state index contributed by atoms with van der Waals surface area (Å²) in [6.45, 7) is 0.207. The van der Waals surface area contributed by atoms with Crippen LogP contribution >= 0.6 is 0 Å². The predicted molar refractivity (Wildman–Crippen MR) is 48.6 cm³/mol. The summed E-state index contributed by atoms with van der Waals surface area (Å²) in [5.74, 6) is 0.103. The summed E-state index contributed by atoms with van der Waals surface area (Å²) in [4.78, 5) is 0. The van der Waals surface area contributed by atoms with Crippen molar-refractivity contribution in [2.75, 3.05) is 6.61 Å². The Labute approximate surface area is 85.3 Å². The van der Waals surface area contributed by atoms with Crippen LogP contribution in [-0.4, -0.2) is 17.9 Å². The second-order valence-corrected chi connectivity index (χ2v) is 3.15. The third kappa shape index (κ3) is 4.20. The topological polar surface area (TPSA) is 29.5 Å². The van der Waals surface area contributed by atoms with Crippen molar-refractivity contribution in [3.63, 3.8) is 0 Å². The van der Waals surface area contributed by atoms with Crippen LogP contribution in [0.3, 0.4) is 0 Å². The fraction of sp³-hybridized carbons (Fsp3) is 0.400. The Morgan fingerprint density at radius 2 is 2.07 bits per heavy atom. The van der Waals surface area contributed by atoms with E-state index in [4.69, 9.17) is 0 Å². The largest absolute Gasteiger partial charge is 0.484 e. The van der Waals surface area contributed by atoms with E-state index in [9.17, 15) is 18.3 Å². The van der Waals surface area contributed by atoms with Gasteiger partial charge in [-0.15, -0.1) is 0 Å². The van der Waals surface area contributed by atoms with Gasteiger partial charge in [-0.1, -0.05) is 12.1 Å². The van der Waals surface area contributed by atoms with Gasteiger partial charge in [-0.25, -0.2) is 0 Å². The van der Waals surface area contributed by atoms with Crippen molar-refractivity contribution in [2.45, 2.75) is 19.2 Å². The number of aliphatic hydroxyl groups is 1. The highest BCUT2D eigenvalue weighted by Gasteiger charge is 2.28. The predicted octanol–water partition coefficient (Wildman–Crippen LogP) is 2.68. The lowest BCUT2D eigenvalue weighted by molar-refractivity contribution is -0.153. The average Bonchev–Trinajstić information content (AvgIpc) is 2.14. The van der Waals surface area contributed by atoms with E-state index in [1.807, 2.05) is 0 Å². The summed E-state index contributed by atoms with van der Waals surface area (Å²) >= 11 is 0. The van der Waals surface area contributed by atoms with Crippen LogP contribution in [0, 0.1) is 0 Å². The van der Waals surface area contributed by atoms with Gasteiger partial charge in [0.1, 0.15) is 5.75 Å². The monoisotopic (exact) mass is 220 g/mol.